The number of ether oxygens (including phenoxy) is 1. The van der Waals surface area contributed by atoms with Crippen molar-refractivity contribution in [1.29, 1.82) is 0 Å². The third kappa shape index (κ3) is 6.12. The van der Waals surface area contributed by atoms with Gasteiger partial charge in [0.05, 0.1) is 6.61 Å². The van der Waals surface area contributed by atoms with Crippen LogP contribution in [0.5, 0.6) is 0 Å². The largest absolute Gasteiger partial charge is 0.469 e. The third-order valence-corrected chi connectivity index (χ3v) is 6.66. The van der Waals surface area contributed by atoms with Crippen molar-refractivity contribution in [3.63, 3.8) is 0 Å². The normalized spacial score (nSPS) is 27.7. The summed E-state index contributed by atoms with van der Waals surface area (Å²) < 4.78 is 21.5. The van der Waals surface area contributed by atoms with Crippen molar-refractivity contribution in [3.05, 3.63) is 34.9 Å². The Balaban J connectivity index is 1.56. The summed E-state index contributed by atoms with van der Waals surface area (Å²) in [6, 6.07) is 6.79. The first kappa shape index (κ1) is 21.9. The van der Waals surface area contributed by atoms with Crippen LogP contribution in [0.1, 0.15) is 68.1 Å². The van der Waals surface area contributed by atoms with Gasteiger partial charge >= 0.3 is 7.82 Å². The maximum atomic E-state index is 11.0. The van der Waals surface area contributed by atoms with Gasteiger partial charge in [-0.05, 0) is 73.5 Å². The zero-order valence-corrected chi connectivity index (χ0v) is 17.7. The van der Waals surface area contributed by atoms with Crippen molar-refractivity contribution in [3.8, 4) is 0 Å². The van der Waals surface area contributed by atoms with E-state index >= 15 is 0 Å². The average molecular weight is 411 g/mol. The van der Waals surface area contributed by atoms with E-state index in [1.165, 1.54) is 29.5 Å². The highest BCUT2D eigenvalue weighted by Crippen LogP contribution is 2.44. The van der Waals surface area contributed by atoms with Crippen LogP contribution in [-0.2, 0) is 26.7 Å². The minimum absolute atomic E-state index is 0.0988. The van der Waals surface area contributed by atoms with Gasteiger partial charge in [0.15, 0.2) is 0 Å². The van der Waals surface area contributed by atoms with Gasteiger partial charge < -0.3 is 20.3 Å². The molecule has 4 N–H and O–H groups in total. The van der Waals surface area contributed by atoms with Gasteiger partial charge in [0.1, 0.15) is 0 Å². The van der Waals surface area contributed by atoms with Crippen LogP contribution in [0.3, 0.4) is 0 Å². The van der Waals surface area contributed by atoms with Crippen LogP contribution < -0.4 is 5.73 Å². The Hall–Kier alpha value is -0.750. The highest BCUT2D eigenvalue weighted by molar-refractivity contribution is 7.46. The number of aryl methyl sites for hydroxylation is 1. The minimum Gasteiger partial charge on any atom is -0.381 e. The van der Waals surface area contributed by atoms with E-state index in [4.69, 9.17) is 20.3 Å². The summed E-state index contributed by atoms with van der Waals surface area (Å²) in [5, 5.41) is 0. The standard InChI is InChI=1S/C21H34NO5P/c1-2-3-10-26-14-16-4-5-18-12-19(7-6-17(18)11-16)20-8-9-21(22,13-20)15-27-28(23,24)25/h6-7,12,16,20H,2-5,8-11,13-15,22H2,1H3,(H2,23,24,25)/t16-,20-,21+/m0/s1. The first-order valence-corrected chi connectivity index (χ1v) is 12.0. The lowest BCUT2D eigenvalue weighted by Gasteiger charge is -2.26. The molecule has 0 radical (unpaired) electrons. The Morgan fingerprint density at radius 3 is 2.86 bits per heavy atom. The summed E-state index contributed by atoms with van der Waals surface area (Å²) >= 11 is 0. The second-order valence-corrected chi connectivity index (χ2v) is 9.87. The van der Waals surface area contributed by atoms with Gasteiger partial charge in [-0.3, -0.25) is 4.52 Å². The third-order valence-electron chi connectivity index (χ3n) is 6.19. The number of benzene rings is 1. The highest BCUT2D eigenvalue weighted by Gasteiger charge is 2.38. The number of rotatable bonds is 9. The number of fused-ring (bicyclic) bond motifs is 1. The fourth-order valence-electron chi connectivity index (χ4n) is 4.53. The predicted octanol–water partition coefficient (Wildman–Crippen LogP) is 3.68. The second-order valence-electron chi connectivity index (χ2n) is 8.63. The molecule has 0 heterocycles. The second kappa shape index (κ2) is 9.38. The van der Waals surface area contributed by atoms with Gasteiger partial charge in [-0.25, -0.2) is 4.57 Å². The number of nitrogens with two attached hydrogens (primary N) is 1. The molecule has 3 atom stereocenters. The molecule has 0 bridgehead atoms. The Bertz CT molecular complexity index is 706. The molecule has 2 aliphatic rings. The summed E-state index contributed by atoms with van der Waals surface area (Å²) in [5.41, 5.74) is 9.83. The van der Waals surface area contributed by atoms with E-state index in [0.717, 1.165) is 38.9 Å². The van der Waals surface area contributed by atoms with Crippen molar-refractivity contribution < 1.29 is 23.6 Å². The topological polar surface area (TPSA) is 102 Å². The molecule has 0 aliphatic heterocycles. The number of phosphoric acid groups is 1. The quantitative estimate of drug-likeness (QED) is 0.423. The maximum absolute atomic E-state index is 11.0. The molecule has 1 fully saturated rings. The summed E-state index contributed by atoms with van der Waals surface area (Å²) in [6.45, 7) is 3.81. The first-order chi connectivity index (χ1) is 13.3. The molecule has 28 heavy (non-hydrogen) atoms. The summed E-state index contributed by atoms with van der Waals surface area (Å²) in [7, 11) is -4.48. The fourth-order valence-corrected chi connectivity index (χ4v) is 4.95. The van der Waals surface area contributed by atoms with Crippen LogP contribution >= 0.6 is 7.82 Å². The van der Waals surface area contributed by atoms with Crippen LogP contribution in [0.15, 0.2) is 18.2 Å². The minimum atomic E-state index is -4.48. The molecule has 2 aliphatic carbocycles. The molecule has 3 rings (SSSR count). The summed E-state index contributed by atoms with van der Waals surface area (Å²) in [6.07, 6.45) is 7.99. The number of hydrogen-bond acceptors (Lipinski definition) is 4. The highest BCUT2D eigenvalue weighted by atomic mass is 31.2. The van der Waals surface area contributed by atoms with E-state index in [0.29, 0.717) is 24.7 Å². The molecule has 6 nitrogen and oxygen atoms in total. The molecule has 158 valence electrons. The van der Waals surface area contributed by atoms with Gasteiger partial charge in [0.25, 0.3) is 0 Å². The van der Waals surface area contributed by atoms with E-state index in [1.807, 2.05) is 0 Å². The lowest BCUT2D eigenvalue weighted by molar-refractivity contribution is 0.0921. The smallest absolute Gasteiger partial charge is 0.381 e. The van der Waals surface area contributed by atoms with Crippen LogP contribution in [0.25, 0.3) is 0 Å². The van der Waals surface area contributed by atoms with Crippen molar-refractivity contribution in [2.75, 3.05) is 19.8 Å². The van der Waals surface area contributed by atoms with Crippen molar-refractivity contribution in [2.24, 2.45) is 11.7 Å². The molecule has 7 heteroatoms. The van der Waals surface area contributed by atoms with E-state index in [2.05, 4.69) is 29.6 Å². The van der Waals surface area contributed by atoms with Gasteiger partial charge in [0, 0.05) is 18.8 Å². The summed E-state index contributed by atoms with van der Waals surface area (Å²) in [4.78, 5) is 17.9. The van der Waals surface area contributed by atoms with Crippen molar-refractivity contribution in [2.45, 2.75) is 69.7 Å². The van der Waals surface area contributed by atoms with Crippen molar-refractivity contribution in [1.82, 2.24) is 0 Å². The first-order valence-electron chi connectivity index (χ1n) is 10.5. The molecule has 1 saturated carbocycles. The van der Waals surface area contributed by atoms with Crippen LogP contribution in [0.4, 0.5) is 0 Å². The number of hydrogen-bond donors (Lipinski definition) is 3. The molecule has 0 spiro atoms. The number of unbranched alkanes of at least 4 members (excludes halogenated alkanes) is 1. The van der Waals surface area contributed by atoms with Gasteiger partial charge in [-0.2, -0.15) is 0 Å². The average Bonchev–Trinajstić information content (AvgIpc) is 3.05. The molecule has 0 amide bonds. The summed E-state index contributed by atoms with van der Waals surface area (Å²) in [5.74, 6) is 0.939. The zero-order chi connectivity index (χ0) is 20.2. The molecule has 0 saturated heterocycles. The lowest BCUT2D eigenvalue weighted by atomic mass is 9.82. The Morgan fingerprint density at radius 1 is 1.29 bits per heavy atom. The molecule has 1 aromatic carbocycles. The van der Waals surface area contributed by atoms with Crippen LogP contribution in [0, 0.1) is 5.92 Å². The van der Waals surface area contributed by atoms with Crippen molar-refractivity contribution >= 4 is 7.82 Å². The SMILES string of the molecule is CCCCOC[C@H]1CCc2cc([C@H]3CC[C@](N)(COP(=O)(O)O)C3)ccc2C1. The Morgan fingerprint density at radius 2 is 2.11 bits per heavy atom. The Kier molecular flexibility index (Phi) is 7.35. The number of phosphoric ester groups is 1. The zero-order valence-electron chi connectivity index (χ0n) is 16.8. The van der Waals surface area contributed by atoms with Crippen LogP contribution in [-0.4, -0.2) is 35.1 Å². The van der Waals surface area contributed by atoms with Crippen LogP contribution in [0.2, 0.25) is 0 Å². The van der Waals surface area contributed by atoms with Gasteiger partial charge in [-0.1, -0.05) is 31.5 Å². The molecular weight excluding hydrogens is 377 g/mol. The maximum Gasteiger partial charge on any atom is 0.469 e. The van der Waals surface area contributed by atoms with E-state index < -0.39 is 13.4 Å². The van der Waals surface area contributed by atoms with Gasteiger partial charge in [0.2, 0.25) is 0 Å². The molecular formula is C21H34NO5P. The van der Waals surface area contributed by atoms with Gasteiger partial charge in [-0.15, -0.1) is 0 Å². The molecule has 0 aromatic heterocycles. The van der Waals surface area contributed by atoms with E-state index in [-0.39, 0.29) is 6.61 Å². The Labute approximate surface area is 168 Å². The fraction of sp³-hybridized carbons (Fsp3) is 0.714. The molecule has 1 aromatic rings. The predicted molar refractivity (Wildman–Crippen MR) is 109 cm³/mol. The van der Waals surface area contributed by atoms with E-state index in [1.54, 1.807) is 0 Å². The molecule has 0 unspecified atom stereocenters. The lowest BCUT2D eigenvalue weighted by Crippen LogP contribution is -2.41. The van der Waals surface area contributed by atoms with E-state index in [9.17, 15) is 4.57 Å². The monoisotopic (exact) mass is 411 g/mol.